The fourth-order valence-corrected chi connectivity index (χ4v) is 5.22. The van der Waals surface area contributed by atoms with E-state index in [1.807, 2.05) is 16.6 Å². The summed E-state index contributed by atoms with van der Waals surface area (Å²) in [5.41, 5.74) is 4.25. The van der Waals surface area contributed by atoms with Crippen molar-refractivity contribution >= 4 is 22.8 Å². The van der Waals surface area contributed by atoms with Gasteiger partial charge in [0.25, 0.3) is 5.91 Å². The molecule has 1 aliphatic heterocycles. The maximum atomic E-state index is 13.7. The molecular formula is C25H27FN8O. The Morgan fingerprint density at radius 1 is 0.971 bits per heavy atom. The van der Waals surface area contributed by atoms with Gasteiger partial charge in [-0.2, -0.15) is 10.2 Å². The lowest BCUT2D eigenvalue weighted by molar-refractivity contribution is 0.0739. The Kier molecular flexibility index (Phi) is 5.43. The number of rotatable bonds is 3. The Labute approximate surface area is 202 Å². The molecule has 1 aromatic carbocycles. The highest BCUT2D eigenvalue weighted by molar-refractivity contribution is 5.94. The van der Waals surface area contributed by atoms with Gasteiger partial charge in [-0.3, -0.25) is 9.48 Å². The van der Waals surface area contributed by atoms with Crippen LogP contribution < -0.4 is 4.90 Å². The van der Waals surface area contributed by atoms with Gasteiger partial charge in [-0.1, -0.05) is 6.42 Å². The van der Waals surface area contributed by atoms with Crippen LogP contribution in [0.25, 0.3) is 16.7 Å². The van der Waals surface area contributed by atoms with E-state index in [0.717, 1.165) is 65.9 Å². The highest BCUT2D eigenvalue weighted by atomic mass is 19.1. The molecule has 1 aliphatic carbocycles. The minimum atomic E-state index is -0.284. The van der Waals surface area contributed by atoms with Gasteiger partial charge in [-0.15, -0.1) is 0 Å². The number of aromatic nitrogens is 6. The third kappa shape index (κ3) is 3.82. The maximum Gasteiger partial charge on any atom is 0.274 e. The molecule has 6 rings (SSSR count). The summed E-state index contributed by atoms with van der Waals surface area (Å²) < 4.78 is 17.1. The van der Waals surface area contributed by atoms with Crippen molar-refractivity contribution < 1.29 is 9.18 Å². The zero-order valence-electron chi connectivity index (χ0n) is 19.7. The van der Waals surface area contributed by atoms with Gasteiger partial charge in [0.15, 0.2) is 11.3 Å². The van der Waals surface area contributed by atoms with Crippen molar-refractivity contribution in [3.8, 4) is 5.69 Å². The maximum absolute atomic E-state index is 13.7. The standard InChI is InChI=1S/C25H27FN8O/c1-31-23-20(15-29-31)24(28-16-27-23)32-11-13-33(14-12-32)25(35)22-19-5-3-2-4-6-21(19)34(30-22)18-9-7-17(26)8-10-18/h7-10,15-16H,2-6,11-14H2,1H3. The van der Waals surface area contributed by atoms with Crippen molar-refractivity contribution in [1.82, 2.24) is 34.4 Å². The minimum absolute atomic E-state index is 0.0297. The number of nitrogens with zero attached hydrogens (tertiary/aromatic N) is 8. The molecule has 3 aromatic heterocycles. The average Bonchev–Trinajstić information content (AvgIpc) is 3.35. The van der Waals surface area contributed by atoms with Crippen LogP contribution in [0, 0.1) is 5.82 Å². The minimum Gasteiger partial charge on any atom is -0.352 e. The van der Waals surface area contributed by atoms with Crippen LogP contribution in [-0.4, -0.2) is 66.5 Å². The second-order valence-electron chi connectivity index (χ2n) is 9.20. The number of anilines is 1. The third-order valence-electron chi connectivity index (χ3n) is 7.08. The van der Waals surface area contributed by atoms with Gasteiger partial charge >= 0.3 is 0 Å². The molecule has 1 saturated heterocycles. The Balaban J connectivity index is 1.26. The van der Waals surface area contributed by atoms with Crippen LogP contribution in [-0.2, 0) is 19.9 Å². The summed E-state index contributed by atoms with van der Waals surface area (Å²) in [6.07, 6.45) is 8.31. The number of fused-ring (bicyclic) bond motifs is 2. The van der Waals surface area contributed by atoms with Crippen molar-refractivity contribution in [2.45, 2.75) is 32.1 Å². The summed E-state index contributed by atoms with van der Waals surface area (Å²) in [4.78, 5) is 26.6. The summed E-state index contributed by atoms with van der Waals surface area (Å²) in [5.74, 6) is 0.538. The van der Waals surface area contributed by atoms with Gasteiger partial charge in [0.2, 0.25) is 0 Å². The van der Waals surface area contributed by atoms with Crippen molar-refractivity contribution in [1.29, 1.82) is 0 Å². The first-order valence-corrected chi connectivity index (χ1v) is 12.1. The van der Waals surface area contributed by atoms with Gasteiger partial charge in [0.1, 0.15) is 18.0 Å². The summed E-state index contributed by atoms with van der Waals surface area (Å²) >= 11 is 0. The van der Waals surface area contributed by atoms with E-state index >= 15 is 0 Å². The van der Waals surface area contributed by atoms with E-state index in [0.29, 0.717) is 31.9 Å². The zero-order valence-corrected chi connectivity index (χ0v) is 19.7. The molecule has 4 aromatic rings. The second kappa shape index (κ2) is 8.75. The first-order valence-electron chi connectivity index (χ1n) is 12.1. The van der Waals surface area contributed by atoms with Gasteiger partial charge in [0.05, 0.1) is 17.3 Å². The van der Waals surface area contributed by atoms with E-state index in [2.05, 4.69) is 20.0 Å². The van der Waals surface area contributed by atoms with E-state index < -0.39 is 0 Å². The van der Waals surface area contributed by atoms with Crippen LogP contribution in [0.5, 0.6) is 0 Å². The smallest absolute Gasteiger partial charge is 0.274 e. The monoisotopic (exact) mass is 474 g/mol. The Morgan fingerprint density at radius 2 is 1.74 bits per heavy atom. The second-order valence-corrected chi connectivity index (χ2v) is 9.20. The van der Waals surface area contributed by atoms with E-state index in [9.17, 15) is 9.18 Å². The Morgan fingerprint density at radius 3 is 2.54 bits per heavy atom. The van der Waals surface area contributed by atoms with Crippen LogP contribution in [0.15, 0.2) is 36.8 Å². The molecule has 1 amide bonds. The van der Waals surface area contributed by atoms with Crippen LogP contribution in [0.4, 0.5) is 10.2 Å². The summed E-state index contributed by atoms with van der Waals surface area (Å²) in [7, 11) is 1.86. The van der Waals surface area contributed by atoms with Gasteiger partial charge in [-0.25, -0.2) is 19.0 Å². The molecule has 0 N–H and O–H groups in total. The first kappa shape index (κ1) is 21.7. The van der Waals surface area contributed by atoms with E-state index in [1.165, 1.54) is 12.1 Å². The highest BCUT2D eigenvalue weighted by Crippen LogP contribution is 2.28. The largest absolute Gasteiger partial charge is 0.352 e. The number of carbonyl (C=O) groups is 1. The van der Waals surface area contributed by atoms with Crippen molar-refractivity contribution in [3.63, 3.8) is 0 Å². The number of carbonyl (C=O) groups excluding carboxylic acids is 1. The number of hydrogen-bond acceptors (Lipinski definition) is 6. The molecule has 0 bridgehead atoms. The van der Waals surface area contributed by atoms with Crippen LogP contribution in [0.2, 0.25) is 0 Å². The Bertz CT molecular complexity index is 1380. The predicted molar refractivity (Wildman–Crippen MR) is 129 cm³/mol. The number of benzene rings is 1. The van der Waals surface area contributed by atoms with Gasteiger partial charge in [-0.05, 0) is 49.9 Å². The molecule has 9 nitrogen and oxygen atoms in total. The molecule has 2 aliphatic rings. The number of halogens is 1. The van der Waals surface area contributed by atoms with E-state index in [-0.39, 0.29) is 11.7 Å². The summed E-state index contributed by atoms with van der Waals surface area (Å²) in [5, 5.41) is 10.0. The molecule has 0 spiro atoms. The van der Waals surface area contributed by atoms with Crippen LogP contribution >= 0.6 is 0 Å². The van der Waals surface area contributed by atoms with Crippen LogP contribution in [0.1, 0.15) is 41.0 Å². The number of aryl methyl sites for hydroxylation is 1. The summed E-state index contributed by atoms with van der Waals surface area (Å²) in [6, 6.07) is 6.32. The zero-order chi connectivity index (χ0) is 23.9. The molecule has 0 unspecified atom stereocenters. The predicted octanol–water partition coefficient (Wildman–Crippen LogP) is 2.92. The normalized spacial score (nSPS) is 16.4. The van der Waals surface area contributed by atoms with E-state index in [4.69, 9.17) is 5.10 Å². The summed E-state index contributed by atoms with van der Waals surface area (Å²) in [6.45, 7) is 2.52. The molecule has 4 heterocycles. The highest BCUT2D eigenvalue weighted by Gasteiger charge is 2.30. The topological polar surface area (TPSA) is 85.0 Å². The van der Waals surface area contributed by atoms with E-state index in [1.54, 1.807) is 29.3 Å². The van der Waals surface area contributed by atoms with Gasteiger partial charge in [0, 0.05) is 44.5 Å². The number of hydrogen-bond donors (Lipinski definition) is 0. The Hall–Kier alpha value is -3.82. The van der Waals surface area contributed by atoms with Crippen molar-refractivity contribution in [2.75, 3.05) is 31.1 Å². The molecule has 180 valence electrons. The van der Waals surface area contributed by atoms with Crippen LogP contribution in [0.3, 0.4) is 0 Å². The average molecular weight is 475 g/mol. The fourth-order valence-electron chi connectivity index (χ4n) is 5.22. The lowest BCUT2D eigenvalue weighted by Crippen LogP contribution is -2.49. The quantitative estimate of drug-likeness (QED) is 0.425. The van der Waals surface area contributed by atoms with Gasteiger partial charge < -0.3 is 9.80 Å². The third-order valence-corrected chi connectivity index (χ3v) is 7.08. The molecule has 0 radical (unpaired) electrons. The fraction of sp³-hybridized carbons (Fsp3) is 0.400. The van der Waals surface area contributed by atoms with Crippen molar-refractivity contribution in [3.05, 3.63) is 59.6 Å². The number of piperazine rings is 1. The number of amides is 1. The molecular weight excluding hydrogens is 447 g/mol. The molecule has 35 heavy (non-hydrogen) atoms. The molecule has 0 atom stereocenters. The SMILES string of the molecule is Cn1ncc2c(N3CCN(C(=O)c4nn(-c5ccc(F)cc5)c5c4CCCCC5)CC3)ncnc21. The molecule has 0 saturated carbocycles. The van der Waals surface area contributed by atoms with Crippen molar-refractivity contribution in [2.24, 2.45) is 7.05 Å². The lowest BCUT2D eigenvalue weighted by atomic mass is 10.1. The first-order chi connectivity index (χ1) is 17.1. The molecule has 10 heteroatoms. The molecule has 1 fully saturated rings. The lowest BCUT2D eigenvalue weighted by Gasteiger charge is -2.35.